The Bertz CT molecular complexity index is 364. The fourth-order valence-electron chi connectivity index (χ4n) is 2.50. The highest BCUT2D eigenvalue weighted by Crippen LogP contribution is 2.20. The lowest BCUT2D eigenvalue weighted by atomic mass is 9.86. The van der Waals surface area contributed by atoms with Crippen LogP contribution in [0, 0.1) is 18.8 Å². The Morgan fingerprint density at radius 3 is 2.33 bits per heavy atom. The maximum Gasteiger partial charge on any atom is 0.0587 e. The maximum absolute atomic E-state index is 5.23. The Morgan fingerprint density at radius 2 is 1.71 bits per heavy atom. The van der Waals surface area contributed by atoms with Crippen LogP contribution in [0.5, 0.6) is 0 Å². The molecule has 2 atom stereocenters. The van der Waals surface area contributed by atoms with Gasteiger partial charge in [-0.05, 0) is 43.7 Å². The molecule has 0 aliphatic carbocycles. The summed E-state index contributed by atoms with van der Waals surface area (Å²) >= 11 is 0. The molecule has 0 heterocycles. The van der Waals surface area contributed by atoms with Gasteiger partial charge in [0.1, 0.15) is 0 Å². The number of ether oxygens (including phenoxy) is 2. The molecule has 21 heavy (non-hydrogen) atoms. The van der Waals surface area contributed by atoms with Crippen molar-refractivity contribution < 1.29 is 9.47 Å². The molecular formula is C18H31NO2. The minimum absolute atomic E-state index is 0.625. The summed E-state index contributed by atoms with van der Waals surface area (Å²) in [4.78, 5) is 0. The maximum atomic E-state index is 5.23. The third kappa shape index (κ3) is 7.60. The minimum atomic E-state index is 0.625. The monoisotopic (exact) mass is 293 g/mol. The van der Waals surface area contributed by atoms with E-state index in [1.807, 2.05) is 0 Å². The van der Waals surface area contributed by atoms with Crippen LogP contribution < -0.4 is 5.32 Å². The van der Waals surface area contributed by atoms with E-state index in [1.54, 1.807) is 14.2 Å². The van der Waals surface area contributed by atoms with Crippen molar-refractivity contribution in [3.63, 3.8) is 0 Å². The first-order valence-electron chi connectivity index (χ1n) is 7.91. The Balaban J connectivity index is 2.54. The van der Waals surface area contributed by atoms with Crippen LogP contribution in [0.1, 0.15) is 24.5 Å². The fourth-order valence-corrected chi connectivity index (χ4v) is 2.50. The summed E-state index contributed by atoms with van der Waals surface area (Å²) in [5.74, 6) is 1.26. The normalized spacial score (nSPS) is 14.1. The predicted molar refractivity (Wildman–Crippen MR) is 88.8 cm³/mol. The molecule has 3 nitrogen and oxygen atoms in total. The summed E-state index contributed by atoms with van der Waals surface area (Å²) in [5, 5.41) is 3.51. The van der Waals surface area contributed by atoms with Gasteiger partial charge in [-0.1, -0.05) is 36.8 Å². The number of hydrogen-bond acceptors (Lipinski definition) is 3. The van der Waals surface area contributed by atoms with Crippen molar-refractivity contribution in [1.82, 2.24) is 5.32 Å². The third-order valence-electron chi connectivity index (χ3n) is 4.09. The van der Waals surface area contributed by atoms with Crippen LogP contribution in [-0.4, -0.2) is 40.5 Å². The van der Waals surface area contributed by atoms with Crippen LogP contribution in [-0.2, 0) is 15.9 Å². The largest absolute Gasteiger partial charge is 0.385 e. The van der Waals surface area contributed by atoms with Gasteiger partial charge in [-0.2, -0.15) is 0 Å². The van der Waals surface area contributed by atoms with E-state index in [1.165, 1.54) is 11.1 Å². The van der Waals surface area contributed by atoms with Crippen LogP contribution in [0.3, 0.4) is 0 Å². The first-order chi connectivity index (χ1) is 10.2. The zero-order valence-electron chi connectivity index (χ0n) is 14.0. The fraction of sp³-hybridized carbons (Fsp3) is 0.667. The molecule has 0 bridgehead atoms. The number of hydrogen-bond donors (Lipinski definition) is 1. The molecule has 3 heteroatoms. The van der Waals surface area contributed by atoms with Gasteiger partial charge in [-0.25, -0.2) is 0 Å². The predicted octanol–water partition coefficient (Wildman–Crippen LogP) is 3.06. The molecular weight excluding hydrogens is 262 g/mol. The highest BCUT2D eigenvalue weighted by atomic mass is 16.5. The standard InChI is InChI=1S/C18H31NO2/c1-15-5-7-17(8-6-15)13-18(14-19-10-12-21-4)16(2)9-11-20-3/h5-8,16,18-19H,9-14H2,1-4H3. The zero-order valence-corrected chi connectivity index (χ0v) is 14.0. The Labute approximate surface area is 130 Å². The summed E-state index contributed by atoms with van der Waals surface area (Å²) in [7, 11) is 3.52. The minimum Gasteiger partial charge on any atom is -0.385 e. The van der Waals surface area contributed by atoms with Crippen LogP contribution in [0.25, 0.3) is 0 Å². The molecule has 0 aromatic heterocycles. The summed E-state index contributed by atoms with van der Waals surface area (Å²) in [6, 6.07) is 8.90. The van der Waals surface area contributed by atoms with Crippen LogP contribution in [0.15, 0.2) is 24.3 Å². The van der Waals surface area contributed by atoms with E-state index < -0.39 is 0 Å². The van der Waals surface area contributed by atoms with Crippen molar-refractivity contribution in [3.05, 3.63) is 35.4 Å². The number of benzene rings is 1. The number of nitrogens with one attached hydrogen (secondary N) is 1. The first kappa shape index (κ1) is 18.1. The lowest BCUT2D eigenvalue weighted by molar-refractivity contribution is 0.161. The van der Waals surface area contributed by atoms with E-state index in [0.29, 0.717) is 11.8 Å². The quantitative estimate of drug-likeness (QED) is 0.636. The van der Waals surface area contributed by atoms with Gasteiger partial charge >= 0.3 is 0 Å². The van der Waals surface area contributed by atoms with E-state index in [-0.39, 0.29) is 0 Å². The topological polar surface area (TPSA) is 30.5 Å². The highest BCUT2D eigenvalue weighted by molar-refractivity contribution is 5.21. The van der Waals surface area contributed by atoms with Gasteiger partial charge < -0.3 is 14.8 Å². The number of rotatable bonds is 11. The van der Waals surface area contributed by atoms with E-state index in [0.717, 1.165) is 39.1 Å². The van der Waals surface area contributed by atoms with Crippen molar-refractivity contribution in [2.45, 2.75) is 26.7 Å². The van der Waals surface area contributed by atoms with Crippen molar-refractivity contribution >= 4 is 0 Å². The summed E-state index contributed by atoms with van der Waals surface area (Å²) < 4.78 is 10.3. The molecule has 120 valence electrons. The SMILES string of the molecule is COCCNCC(Cc1ccc(C)cc1)C(C)CCOC. The molecule has 0 amide bonds. The molecule has 0 saturated carbocycles. The van der Waals surface area contributed by atoms with Crippen molar-refractivity contribution in [3.8, 4) is 0 Å². The second kappa shape index (κ2) is 10.8. The molecule has 0 fully saturated rings. The Hall–Kier alpha value is -0.900. The lowest BCUT2D eigenvalue weighted by Crippen LogP contribution is -2.31. The van der Waals surface area contributed by atoms with E-state index in [4.69, 9.17) is 9.47 Å². The van der Waals surface area contributed by atoms with E-state index in [2.05, 4.69) is 43.4 Å². The molecule has 0 saturated heterocycles. The number of methoxy groups -OCH3 is 2. The molecule has 0 aliphatic heterocycles. The molecule has 1 rings (SSSR count). The lowest BCUT2D eigenvalue weighted by Gasteiger charge is -2.24. The van der Waals surface area contributed by atoms with Gasteiger partial charge in [0.05, 0.1) is 6.61 Å². The zero-order chi connectivity index (χ0) is 15.5. The number of aryl methyl sites for hydroxylation is 1. The van der Waals surface area contributed by atoms with Crippen LogP contribution >= 0.6 is 0 Å². The highest BCUT2D eigenvalue weighted by Gasteiger charge is 2.17. The molecule has 0 spiro atoms. The summed E-state index contributed by atoms with van der Waals surface area (Å²) in [6.45, 7) is 8.01. The first-order valence-corrected chi connectivity index (χ1v) is 7.91. The van der Waals surface area contributed by atoms with E-state index >= 15 is 0 Å². The van der Waals surface area contributed by atoms with Gasteiger partial charge in [0, 0.05) is 27.4 Å². The van der Waals surface area contributed by atoms with Gasteiger partial charge in [0.25, 0.3) is 0 Å². The third-order valence-corrected chi connectivity index (χ3v) is 4.09. The van der Waals surface area contributed by atoms with Gasteiger partial charge in [-0.15, -0.1) is 0 Å². The molecule has 2 unspecified atom stereocenters. The summed E-state index contributed by atoms with van der Waals surface area (Å²) in [6.07, 6.45) is 2.23. The Kier molecular flexibility index (Phi) is 9.31. The van der Waals surface area contributed by atoms with Crippen LogP contribution in [0.4, 0.5) is 0 Å². The van der Waals surface area contributed by atoms with Crippen LogP contribution in [0.2, 0.25) is 0 Å². The van der Waals surface area contributed by atoms with Gasteiger partial charge in [0.2, 0.25) is 0 Å². The smallest absolute Gasteiger partial charge is 0.0587 e. The molecule has 0 radical (unpaired) electrons. The average Bonchev–Trinajstić information content (AvgIpc) is 2.50. The molecule has 1 aromatic rings. The van der Waals surface area contributed by atoms with E-state index in [9.17, 15) is 0 Å². The molecule has 1 aromatic carbocycles. The second-order valence-electron chi connectivity index (χ2n) is 5.91. The second-order valence-corrected chi connectivity index (χ2v) is 5.91. The summed E-state index contributed by atoms with van der Waals surface area (Å²) in [5.41, 5.74) is 2.74. The average molecular weight is 293 g/mol. The van der Waals surface area contributed by atoms with Crippen molar-refractivity contribution in [2.24, 2.45) is 11.8 Å². The van der Waals surface area contributed by atoms with Crippen molar-refractivity contribution in [2.75, 3.05) is 40.5 Å². The Morgan fingerprint density at radius 1 is 1.05 bits per heavy atom. The van der Waals surface area contributed by atoms with Gasteiger partial charge in [0.15, 0.2) is 0 Å². The molecule has 1 N–H and O–H groups in total. The van der Waals surface area contributed by atoms with Crippen molar-refractivity contribution in [1.29, 1.82) is 0 Å². The molecule has 0 aliphatic rings. The van der Waals surface area contributed by atoms with Gasteiger partial charge in [-0.3, -0.25) is 0 Å².